The molecule has 0 aliphatic heterocycles. The van der Waals surface area contributed by atoms with Gasteiger partial charge in [-0.3, -0.25) is 4.79 Å². The molecule has 3 heteroatoms. The van der Waals surface area contributed by atoms with Gasteiger partial charge in [0.15, 0.2) is 0 Å². The van der Waals surface area contributed by atoms with Gasteiger partial charge in [-0.05, 0) is 42.3 Å². The van der Waals surface area contributed by atoms with Crippen LogP contribution in [0.4, 0.5) is 4.39 Å². The van der Waals surface area contributed by atoms with Crippen molar-refractivity contribution in [3.63, 3.8) is 0 Å². The summed E-state index contributed by atoms with van der Waals surface area (Å²) in [4.78, 5) is 12.6. The van der Waals surface area contributed by atoms with Crippen LogP contribution < -0.4 is 5.32 Å². The van der Waals surface area contributed by atoms with E-state index in [-0.39, 0.29) is 17.8 Å². The van der Waals surface area contributed by atoms with Crippen molar-refractivity contribution in [3.05, 3.63) is 107 Å². The van der Waals surface area contributed by atoms with E-state index in [1.54, 1.807) is 18.2 Å². The number of aryl methyl sites for hydroxylation is 1. The lowest BCUT2D eigenvalue weighted by molar-refractivity contribution is 0.0943. The highest BCUT2D eigenvalue weighted by Crippen LogP contribution is 2.23. The molecule has 0 aromatic heterocycles. The van der Waals surface area contributed by atoms with Crippen LogP contribution in [0.5, 0.6) is 0 Å². The first-order valence-corrected chi connectivity index (χ1v) is 7.81. The Morgan fingerprint density at radius 3 is 2.21 bits per heavy atom. The fourth-order valence-corrected chi connectivity index (χ4v) is 2.66. The molecule has 1 amide bonds. The van der Waals surface area contributed by atoms with Crippen LogP contribution >= 0.6 is 0 Å². The molecule has 120 valence electrons. The van der Waals surface area contributed by atoms with E-state index < -0.39 is 0 Å². The van der Waals surface area contributed by atoms with Crippen molar-refractivity contribution in [3.8, 4) is 0 Å². The van der Waals surface area contributed by atoms with Crippen LogP contribution in [0.3, 0.4) is 0 Å². The third kappa shape index (κ3) is 3.69. The SMILES string of the molecule is Cc1cccc(C(=O)NC(c2ccccc2)c2ccc(F)cc2)c1. The molecule has 3 rings (SSSR count). The number of rotatable bonds is 4. The maximum Gasteiger partial charge on any atom is 0.252 e. The number of nitrogens with one attached hydrogen (secondary N) is 1. The fraction of sp³-hybridized carbons (Fsp3) is 0.0952. The number of amides is 1. The van der Waals surface area contributed by atoms with Crippen LogP contribution in [0.2, 0.25) is 0 Å². The van der Waals surface area contributed by atoms with Crippen molar-refractivity contribution in [2.75, 3.05) is 0 Å². The van der Waals surface area contributed by atoms with Gasteiger partial charge in [0.05, 0.1) is 6.04 Å². The minimum Gasteiger partial charge on any atom is -0.341 e. The van der Waals surface area contributed by atoms with Crippen molar-refractivity contribution in [1.29, 1.82) is 0 Å². The maximum atomic E-state index is 13.2. The van der Waals surface area contributed by atoms with Gasteiger partial charge in [-0.25, -0.2) is 4.39 Å². The van der Waals surface area contributed by atoms with Gasteiger partial charge < -0.3 is 5.32 Å². The standard InChI is InChI=1S/C21H18FNO/c1-15-6-5-9-18(14-15)21(24)23-20(16-7-3-2-4-8-16)17-10-12-19(22)13-11-17/h2-14,20H,1H3,(H,23,24). The second-order valence-electron chi connectivity index (χ2n) is 5.74. The summed E-state index contributed by atoms with van der Waals surface area (Å²) < 4.78 is 13.2. The Morgan fingerprint density at radius 2 is 1.54 bits per heavy atom. The Morgan fingerprint density at radius 1 is 0.875 bits per heavy atom. The molecule has 0 saturated heterocycles. The minimum absolute atomic E-state index is 0.156. The van der Waals surface area contributed by atoms with E-state index in [1.165, 1.54) is 12.1 Å². The summed E-state index contributed by atoms with van der Waals surface area (Å²) >= 11 is 0. The molecule has 24 heavy (non-hydrogen) atoms. The topological polar surface area (TPSA) is 29.1 Å². The molecule has 3 aromatic rings. The average Bonchev–Trinajstić information content (AvgIpc) is 2.61. The number of halogens is 1. The van der Waals surface area contributed by atoms with Crippen LogP contribution in [0.25, 0.3) is 0 Å². The first kappa shape index (κ1) is 15.9. The maximum absolute atomic E-state index is 13.2. The van der Waals surface area contributed by atoms with E-state index in [4.69, 9.17) is 0 Å². The molecule has 0 saturated carbocycles. The third-order valence-corrected chi connectivity index (χ3v) is 3.89. The smallest absolute Gasteiger partial charge is 0.252 e. The predicted molar refractivity (Wildman–Crippen MR) is 93.3 cm³/mol. The van der Waals surface area contributed by atoms with Crippen molar-refractivity contribution in [1.82, 2.24) is 5.32 Å². The van der Waals surface area contributed by atoms with Gasteiger partial charge in [0.2, 0.25) is 0 Å². The monoisotopic (exact) mass is 319 g/mol. The highest BCUT2D eigenvalue weighted by molar-refractivity contribution is 5.94. The quantitative estimate of drug-likeness (QED) is 0.745. The van der Waals surface area contributed by atoms with E-state index in [0.29, 0.717) is 5.56 Å². The highest BCUT2D eigenvalue weighted by atomic mass is 19.1. The molecule has 0 radical (unpaired) electrons. The fourth-order valence-electron chi connectivity index (χ4n) is 2.66. The molecule has 0 spiro atoms. The number of hydrogen-bond donors (Lipinski definition) is 1. The molecule has 0 aliphatic rings. The Labute approximate surface area is 141 Å². The Bertz CT molecular complexity index is 828. The molecule has 0 bridgehead atoms. The van der Waals surface area contributed by atoms with Crippen LogP contribution in [0.1, 0.15) is 33.1 Å². The molecule has 0 heterocycles. The largest absolute Gasteiger partial charge is 0.341 e. The molecular formula is C21H18FNO. The predicted octanol–water partition coefficient (Wildman–Crippen LogP) is 4.65. The molecule has 1 N–H and O–H groups in total. The summed E-state index contributed by atoms with van der Waals surface area (Å²) in [5.74, 6) is -0.451. The Balaban J connectivity index is 1.93. The van der Waals surface area contributed by atoms with Gasteiger partial charge in [0.25, 0.3) is 5.91 Å². The van der Waals surface area contributed by atoms with E-state index >= 15 is 0 Å². The number of benzene rings is 3. The van der Waals surface area contributed by atoms with Crippen LogP contribution in [-0.2, 0) is 0 Å². The molecule has 0 aliphatic carbocycles. The number of hydrogen-bond acceptors (Lipinski definition) is 1. The molecule has 0 fully saturated rings. The van der Waals surface area contributed by atoms with Gasteiger partial charge >= 0.3 is 0 Å². The average molecular weight is 319 g/mol. The van der Waals surface area contributed by atoms with Crippen LogP contribution in [0, 0.1) is 12.7 Å². The Kier molecular flexibility index (Phi) is 4.71. The van der Waals surface area contributed by atoms with E-state index in [9.17, 15) is 9.18 Å². The first-order chi connectivity index (χ1) is 11.6. The van der Waals surface area contributed by atoms with Crippen molar-refractivity contribution in [2.45, 2.75) is 13.0 Å². The summed E-state index contributed by atoms with van der Waals surface area (Å²) in [6, 6.07) is 23.0. The van der Waals surface area contributed by atoms with Gasteiger partial charge in [0, 0.05) is 5.56 Å². The zero-order valence-electron chi connectivity index (χ0n) is 13.4. The van der Waals surface area contributed by atoms with Gasteiger partial charge in [0.1, 0.15) is 5.82 Å². The van der Waals surface area contributed by atoms with E-state index in [2.05, 4.69) is 5.32 Å². The second-order valence-corrected chi connectivity index (χ2v) is 5.74. The number of carbonyl (C=O) groups excluding carboxylic acids is 1. The minimum atomic E-state index is -0.334. The van der Waals surface area contributed by atoms with Crippen LogP contribution in [0.15, 0.2) is 78.9 Å². The van der Waals surface area contributed by atoms with Crippen molar-refractivity contribution in [2.24, 2.45) is 0 Å². The second kappa shape index (κ2) is 7.09. The van der Waals surface area contributed by atoms with Crippen molar-refractivity contribution < 1.29 is 9.18 Å². The van der Waals surface area contributed by atoms with Gasteiger partial charge in [-0.15, -0.1) is 0 Å². The normalized spacial score (nSPS) is 11.8. The third-order valence-electron chi connectivity index (χ3n) is 3.89. The zero-order chi connectivity index (χ0) is 16.9. The summed E-state index contributed by atoms with van der Waals surface area (Å²) in [7, 11) is 0. The van der Waals surface area contributed by atoms with E-state index in [0.717, 1.165) is 16.7 Å². The molecule has 1 unspecified atom stereocenters. The Hall–Kier alpha value is -2.94. The molecule has 2 nitrogen and oxygen atoms in total. The first-order valence-electron chi connectivity index (χ1n) is 7.81. The highest BCUT2D eigenvalue weighted by Gasteiger charge is 2.17. The van der Waals surface area contributed by atoms with E-state index in [1.807, 2.05) is 55.5 Å². The lowest BCUT2D eigenvalue weighted by Crippen LogP contribution is -2.29. The van der Waals surface area contributed by atoms with Crippen molar-refractivity contribution >= 4 is 5.91 Å². The number of carbonyl (C=O) groups is 1. The molecule has 1 atom stereocenters. The van der Waals surface area contributed by atoms with Crippen LogP contribution in [-0.4, -0.2) is 5.91 Å². The summed E-state index contributed by atoms with van der Waals surface area (Å²) in [5, 5.41) is 3.05. The summed E-state index contributed by atoms with van der Waals surface area (Å²) in [6.07, 6.45) is 0. The molecule has 3 aromatic carbocycles. The zero-order valence-corrected chi connectivity index (χ0v) is 13.4. The molecular weight excluding hydrogens is 301 g/mol. The summed E-state index contributed by atoms with van der Waals surface area (Å²) in [5.41, 5.74) is 3.42. The lowest BCUT2D eigenvalue weighted by atomic mass is 9.98. The van der Waals surface area contributed by atoms with Gasteiger partial charge in [-0.1, -0.05) is 60.2 Å². The summed E-state index contributed by atoms with van der Waals surface area (Å²) in [6.45, 7) is 1.95. The van der Waals surface area contributed by atoms with Gasteiger partial charge in [-0.2, -0.15) is 0 Å². The lowest BCUT2D eigenvalue weighted by Gasteiger charge is -2.20.